The SMILES string of the molecule is CCC(O)c1ccc(-c2ccc(C(F)(F)F)nc2)nc1. The number of alkyl halides is 3. The van der Waals surface area contributed by atoms with E-state index in [0.29, 0.717) is 23.2 Å². The molecular formula is C14H13F3N2O. The first-order chi connectivity index (χ1) is 9.41. The van der Waals surface area contributed by atoms with E-state index >= 15 is 0 Å². The maximum absolute atomic E-state index is 12.4. The van der Waals surface area contributed by atoms with Gasteiger partial charge in [-0.25, -0.2) is 0 Å². The number of pyridine rings is 2. The molecule has 2 aromatic rings. The summed E-state index contributed by atoms with van der Waals surface area (Å²) in [6, 6.07) is 5.60. The van der Waals surface area contributed by atoms with Crippen molar-refractivity contribution < 1.29 is 18.3 Å². The number of aliphatic hydroxyl groups is 1. The largest absolute Gasteiger partial charge is 0.433 e. The molecule has 106 valence electrons. The molecule has 0 amide bonds. The smallest absolute Gasteiger partial charge is 0.388 e. The zero-order valence-corrected chi connectivity index (χ0v) is 10.7. The van der Waals surface area contributed by atoms with E-state index in [1.165, 1.54) is 12.3 Å². The van der Waals surface area contributed by atoms with Gasteiger partial charge in [0.15, 0.2) is 0 Å². The summed E-state index contributed by atoms with van der Waals surface area (Å²) in [5, 5.41) is 9.64. The van der Waals surface area contributed by atoms with Crippen molar-refractivity contribution >= 4 is 0 Å². The van der Waals surface area contributed by atoms with Crippen LogP contribution in [0.1, 0.15) is 30.7 Å². The van der Waals surface area contributed by atoms with Crippen molar-refractivity contribution in [3.05, 3.63) is 47.9 Å². The molecule has 0 spiro atoms. The number of rotatable bonds is 3. The number of aromatic nitrogens is 2. The molecule has 0 bridgehead atoms. The highest BCUT2D eigenvalue weighted by Gasteiger charge is 2.32. The second kappa shape index (κ2) is 5.58. The molecule has 20 heavy (non-hydrogen) atoms. The van der Waals surface area contributed by atoms with E-state index in [1.807, 2.05) is 6.92 Å². The van der Waals surface area contributed by atoms with Crippen molar-refractivity contribution in [2.24, 2.45) is 0 Å². The van der Waals surface area contributed by atoms with Gasteiger partial charge < -0.3 is 5.11 Å². The van der Waals surface area contributed by atoms with E-state index in [0.717, 1.165) is 12.3 Å². The average molecular weight is 282 g/mol. The molecule has 0 aliphatic rings. The zero-order valence-electron chi connectivity index (χ0n) is 10.7. The maximum atomic E-state index is 12.4. The van der Waals surface area contributed by atoms with Gasteiger partial charge in [0.05, 0.1) is 11.8 Å². The van der Waals surface area contributed by atoms with Gasteiger partial charge in [0.1, 0.15) is 5.69 Å². The molecule has 0 aliphatic carbocycles. The highest BCUT2D eigenvalue weighted by Crippen LogP contribution is 2.28. The minimum absolute atomic E-state index is 0.496. The van der Waals surface area contributed by atoms with Gasteiger partial charge in [-0.3, -0.25) is 9.97 Å². The fourth-order valence-corrected chi connectivity index (χ4v) is 1.72. The van der Waals surface area contributed by atoms with Crippen LogP contribution in [0, 0.1) is 0 Å². The third-order valence-electron chi connectivity index (χ3n) is 2.91. The maximum Gasteiger partial charge on any atom is 0.433 e. The number of hydrogen-bond donors (Lipinski definition) is 1. The van der Waals surface area contributed by atoms with Crippen LogP contribution in [0.2, 0.25) is 0 Å². The third-order valence-corrected chi connectivity index (χ3v) is 2.91. The van der Waals surface area contributed by atoms with Crippen molar-refractivity contribution in [3.8, 4) is 11.3 Å². The Morgan fingerprint density at radius 1 is 1.10 bits per heavy atom. The lowest BCUT2D eigenvalue weighted by Crippen LogP contribution is -2.07. The summed E-state index contributed by atoms with van der Waals surface area (Å²) in [5.74, 6) is 0. The van der Waals surface area contributed by atoms with E-state index < -0.39 is 18.0 Å². The molecule has 0 fully saturated rings. The van der Waals surface area contributed by atoms with E-state index in [-0.39, 0.29) is 0 Å². The predicted molar refractivity (Wildman–Crippen MR) is 67.7 cm³/mol. The van der Waals surface area contributed by atoms with Crippen LogP contribution in [-0.2, 0) is 6.18 Å². The lowest BCUT2D eigenvalue weighted by atomic mass is 10.1. The molecule has 1 atom stereocenters. The van der Waals surface area contributed by atoms with Crippen molar-refractivity contribution in [3.63, 3.8) is 0 Å². The van der Waals surface area contributed by atoms with Gasteiger partial charge in [-0.15, -0.1) is 0 Å². The van der Waals surface area contributed by atoms with Crippen molar-refractivity contribution in [2.45, 2.75) is 25.6 Å². The number of hydrogen-bond acceptors (Lipinski definition) is 3. The van der Waals surface area contributed by atoms with Gasteiger partial charge in [-0.2, -0.15) is 13.2 Å². The minimum atomic E-state index is -4.44. The van der Waals surface area contributed by atoms with Crippen molar-refractivity contribution in [2.75, 3.05) is 0 Å². The molecule has 1 N–H and O–H groups in total. The van der Waals surface area contributed by atoms with Crippen LogP contribution in [0.15, 0.2) is 36.7 Å². The third kappa shape index (κ3) is 3.14. The molecule has 0 radical (unpaired) electrons. The Kier molecular flexibility index (Phi) is 4.04. The Labute approximate surface area is 114 Å². The van der Waals surface area contributed by atoms with Gasteiger partial charge in [0.25, 0.3) is 0 Å². The van der Waals surface area contributed by atoms with Crippen molar-refractivity contribution in [1.29, 1.82) is 0 Å². The van der Waals surface area contributed by atoms with E-state index in [2.05, 4.69) is 9.97 Å². The lowest BCUT2D eigenvalue weighted by Gasteiger charge is -2.09. The molecule has 2 heterocycles. The van der Waals surface area contributed by atoms with E-state index in [4.69, 9.17) is 0 Å². The van der Waals surface area contributed by atoms with Crippen LogP contribution < -0.4 is 0 Å². The lowest BCUT2D eigenvalue weighted by molar-refractivity contribution is -0.141. The first-order valence-electron chi connectivity index (χ1n) is 6.09. The second-order valence-corrected chi connectivity index (χ2v) is 4.33. The quantitative estimate of drug-likeness (QED) is 0.935. The first-order valence-corrected chi connectivity index (χ1v) is 6.09. The first kappa shape index (κ1) is 14.5. The Morgan fingerprint density at radius 2 is 1.85 bits per heavy atom. The summed E-state index contributed by atoms with van der Waals surface area (Å²) < 4.78 is 37.2. The molecular weight excluding hydrogens is 269 g/mol. The molecule has 0 saturated heterocycles. The van der Waals surface area contributed by atoms with Crippen LogP contribution in [0.4, 0.5) is 13.2 Å². The Bertz CT molecular complexity index is 564. The van der Waals surface area contributed by atoms with Crippen LogP contribution in [0.5, 0.6) is 0 Å². The molecule has 2 aromatic heterocycles. The normalized spacial score (nSPS) is 13.2. The summed E-state index contributed by atoms with van der Waals surface area (Å²) in [6.45, 7) is 1.85. The molecule has 0 saturated carbocycles. The van der Waals surface area contributed by atoms with Gasteiger partial charge in [0, 0.05) is 18.0 Å². The zero-order chi connectivity index (χ0) is 14.8. The van der Waals surface area contributed by atoms with Gasteiger partial charge in [0.2, 0.25) is 0 Å². The molecule has 2 rings (SSSR count). The fraction of sp³-hybridized carbons (Fsp3) is 0.286. The predicted octanol–water partition coefficient (Wildman–Crippen LogP) is 3.61. The summed E-state index contributed by atoms with van der Waals surface area (Å²) in [4.78, 5) is 7.51. The molecule has 1 unspecified atom stereocenters. The van der Waals surface area contributed by atoms with Crippen LogP contribution in [0.3, 0.4) is 0 Å². The summed E-state index contributed by atoms with van der Waals surface area (Å²) in [5.41, 5.74) is 0.754. The topological polar surface area (TPSA) is 46.0 Å². The Balaban J connectivity index is 2.24. The van der Waals surface area contributed by atoms with E-state index in [1.54, 1.807) is 12.1 Å². The number of aliphatic hydroxyl groups excluding tert-OH is 1. The highest BCUT2D eigenvalue weighted by molar-refractivity contribution is 5.58. The number of nitrogens with zero attached hydrogens (tertiary/aromatic N) is 2. The average Bonchev–Trinajstić information content (AvgIpc) is 2.46. The summed E-state index contributed by atoms with van der Waals surface area (Å²) in [7, 11) is 0. The molecule has 0 aromatic carbocycles. The standard InChI is InChI=1S/C14H13F3N2O/c1-2-12(20)10-3-5-11(18-8-10)9-4-6-13(19-7-9)14(15,16)17/h3-8,12,20H,2H2,1H3. The Morgan fingerprint density at radius 3 is 2.30 bits per heavy atom. The molecule has 3 nitrogen and oxygen atoms in total. The minimum Gasteiger partial charge on any atom is -0.388 e. The Hall–Kier alpha value is -1.95. The highest BCUT2D eigenvalue weighted by atomic mass is 19.4. The summed E-state index contributed by atoms with van der Waals surface area (Å²) in [6.07, 6.45) is -1.80. The molecule has 6 heteroatoms. The van der Waals surface area contributed by atoms with Crippen LogP contribution in [-0.4, -0.2) is 15.1 Å². The van der Waals surface area contributed by atoms with E-state index in [9.17, 15) is 18.3 Å². The fourth-order valence-electron chi connectivity index (χ4n) is 1.72. The van der Waals surface area contributed by atoms with Gasteiger partial charge >= 0.3 is 6.18 Å². The molecule has 0 aliphatic heterocycles. The van der Waals surface area contributed by atoms with Crippen molar-refractivity contribution in [1.82, 2.24) is 9.97 Å². The second-order valence-electron chi connectivity index (χ2n) is 4.33. The number of halogens is 3. The van der Waals surface area contributed by atoms with Crippen LogP contribution >= 0.6 is 0 Å². The van der Waals surface area contributed by atoms with Gasteiger partial charge in [-0.05, 0) is 30.2 Å². The summed E-state index contributed by atoms with van der Waals surface area (Å²) >= 11 is 0. The van der Waals surface area contributed by atoms with Gasteiger partial charge in [-0.1, -0.05) is 13.0 Å². The monoisotopic (exact) mass is 282 g/mol. The van der Waals surface area contributed by atoms with Crippen LogP contribution in [0.25, 0.3) is 11.3 Å².